The molecule has 3 aromatic carbocycles. The molecule has 0 saturated carbocycles. The van der Waals surface area contributed by atoms with Gasteiger partial charge >= 0.3 is 0 Å². The van der Waals surface area contributed by atoms with Crippen molar-refractivity contribution in [3.63, 3.8) is 0 Å². The zero-order valence-corrected chi connectivity index (χ0v) is 54.1. The first-order valence-electron chi connectivity index (χ1n) is 27.7. The number of carbonyl (C=O) groups excluding carboxylic acids is 6. The van der Waals surface area contributed by atoms with E-state index in [2.05, 4.69) is 78.1 Å². The number of rotatable bonds is 14. The number of aryl methyl sites for hydroxylation is 6. The number of anilines is 3. The van der Waals surface area contributed by atoms with Crippen molar-refractivity contribution >= 4 is 91.6 Å². The van der Waals surface area contributed by atoms with E-state index < -0.39 is 29.5 Å². The molecule has 0 aliphatic heterocycles. The number of carbonyl (C=O) groups is 6. The third-order valence-corrected chi connectivity index (χ3v) is 14.0. The molecule has 0 saturated heterocycles. The van der Waals surface area contributed by atoms with Crippen molar-refractivity contribution in [3.8, 4) is 35.7 Å². The molecular weight excluding hydrogens is 1270 g/mol. The summed E-state index contributed by atoms with van der Waals surface area (Å²) >= 11 is 15.5. The summed E-state index contributed by atoms with van der Waals surface area (Å²) < 4.78 is 4.63. The smallest absolute Gasteiger partial charge is 0.274 e. The van der Waals surface area contributed by atoms with Crippen LogP contribution in [-0.2, 0) is 0 Å². The lowest BCUT2D eigenvalue weighted by Gasteiger charge is -2.16. The van der Waals surface area contributed by atoms with Gasteiger partial charge in [0, 0.05) is 55.9 Å². The lowest BCUT2D eigenvalue weighted by atomic mass is 10.0. The van der Waals surface area contributed by atoms with Gasteiger partial charge in [0.2, 0.25) is 0 Å². The Morgan fingerprint density at radius 1 is 0.451 bits per heavy atom. The topological polar surface area (TPSA) is 338 Å². The van der Waals surface area contributed by atoms with Crippen LogP contribution in [0.1, 0.15) is 140 Å². The first-order chi connectivity index (χ1) is 43.3. The Balaban J connectivity index is 0.000000194. The first kappa shape index (κ1) is 67.6. The summed E-state index contributed by atoms with van der Waals surface area (Å²) in [4.78, 5) is 90.1. The quantitative estimate of drug-likeness (QED) is 0.0589. The highest BCUT2D eigenvalue weighted by molar-refractivity contribution is 9.10. The van der Waals surface area contributed by atoms with Gasteiger partial charge in [-0.3, -0.25) is 28.8 Å². The second kappa shape index (κ2) is 29.9. The van der Waals surface area contributed by atoms with E-state index in [9.17, 15) is 44.6 Å². The van der Waals surface area contributed by atoms with Crippen molar-refractivity contribution in [1.29, 1.82) is 15.8 Å². The molecule has 24 nitrogen and oxygen atoms in total. The highest BCUT2D eigenvalue weighted by atomic mass is 79.9. The number of pyridine rings is 3. The number of nitriles is 3. The summed E-state index contributed by atoms with van der Waals surface area (Å²) in [7, 11) is 1.47. The number of nitrogens with zero attached hydrogens (tertiary/aromatic N) is 12. The van der Waals surface area contributed by atoms with E-state index in [1.165, 1.54) is 51.4 Å². The summed E-state index contributed by atoms with van der Waals surface area (Å²) in [5.74, 6) is -1.24. The van der Waals surface area contributed by atoms with Crippen LogP contribution >= 0.6 is 39.1 Å². The number of benzene rings is 3. The normalized spacial score (nSPS) is 10.5. The van der Waals surface area contributed by atoms with Crippen LogP contribution in [-0.4, -0.2) is 98.9 Å². The molecule has 6 aromatic heterocycles. The van der Waals surface area contributed by atoms with Crippen LogP contribution in [0, 0.1) is 75.5 Å². The largest absolute Gasteiger partial charge is 0.355 e. The molecule has 0 unspecified atom stereocenters. The number of nitrogens with one attached hydrogen (secondary N) is 6. The minimum atomic E-state index is -0.521. The Morgan fingerprint density at radius 2 is 0.758 bits per heavy atom. The van der Waals surface area contributed by atoms with E-state index in [1.807, 2.05) is 84.9 Å². The zero-order valence-electron chi connectivity index (χ0n) is 51.0. The van der Waals surface area contributed by atoms with E-state index in [0.29, 0.717) is 72.5 Å². The van der Waals surface area contributed by atoms with Crippen molar-refractivity contribution < 1.29 is 28.8 Å². The molecule has 27 heteroatoms. The molecule has 0 bridgehead atoms. The Morgan fingerprint density at radius 3 is 1.05 bits per heavy atom. The van der Waals surface area contributed by atoms with Gasteiger partial charge in [-0.1, -0.05) is 41.4 Å². The van der Waals surface area contributed by atoms with Gasteiger partial charge < -0.3 is 31.9 Å². The molecule has 0 spiro atoms. The molecule has 9 rings (SSSR count). The van der Waals surface area contributed by atoms with Crippen LogP contribution in [0.25, 0.3) is 17.5 Å². The Labute approximate surface area is 541 Å². The highest BCUT2D eigenvalue weighted by Gasteiger charge is 2.27. The lowest BCUT2D eigenvalue weighted by molar-refractivity contribution is 0.0934. The van der Waals surface area contributed by atoms with Gasteiger partial charge in [0.25, 0.3) is 35.4 Å². The first-order valence-corrected chi connectivity index (χ1v) is 29.3. The monoisotopic (exact) mass is 1320 g/mol. The molecular formula is C64H59BrCl2N18O6. The maximum absolute atomic E-state index is 13.2. The van der Waals surface area contributed by atoms with Crippen molar-refractivity contribution in [1.82, 2.24) is 60.2 Å². The van der Waals surface area contributed by atoms with Crippen molar-refractivity contribution in [2.24, 2.45) is 0 Å². The third kappa shape index (κ3) is 16.2. The van der Waals surface area contributed by atoms with Gasteiger partial charge in [0.15, 0.2) is 27.8 Å². The van der Waals surface area contributed by atoms with Crippen LogP contribution in [0.5, 0.6) is 0 Å². The minimum absolute atomic E-state index is 0.105. The van der Waals surface area contributed by atoms with Crippen LogP contribution in [0.4, 0.5) is 17.1 Å². The second-order valence-corrected chi connectivity index (χ2v) is 22.5. The van der Waals surface area contributed by atoms with Crippen LogP contribution in [0.3, 0.4) is 0 Å². The predicted molar refractivity (Wildman–Crippen MR) is 346 cm³/mol. The van der Waals surface area contributed by atoms with Gasteiger partial charge in [-0.15, -0.1) is 0 Å². The fourth-order valence-corrected chi connectivity index (χ4v) is 9.79. The van der Waals surface area contributed by atoms with Crippen molar-refractivity contribution in [3.05, 3.63) is 208 Å². The minimum Gasteiger partial charge on any atom is -0.355 e. The van der Waals surface area contributed by atoms with Crippen LogP contribution in [0.2, 0.25) is 10.3 Å². The molecule has 0 fully saturated rings. The molecule has 6 amide bonds. The molecule has 462 valence electrons. The average molecular weight is 1330 g/mol. The van der Waals surface area contributed by atoms with Crippen molar-refractivity contribution in [2.45, 2.75) is 81.3 Å². The van der Waals surface area contributed by atoms with E-state index in [4.69, 9.17) is 23.2 Å². The Bertz CT molecular complexity index is 4280. The Hall–Kier alpha value is -10.9. The van der Waals surface area contributed by atoms with E-state index in [-0.39, 0.29) is 62.1 Å². The highest BCUT2D eigenvalue weighted by Crippen LogP contribution is 2.29. The number of aromatic nitrogens is 9. The van der Waals surface area contributed by atoms with Gasteiger partial charge in [-0.05, 0) is 173 Å². The van der Waals surface area contributed by atoms with E-state index in [1.54, 1.807) is 81.8 Å². The fourth-order valence-electron chi connectivity index (χ4n) is 9.06. The molecule has 0 aliphatic rings. The lowest BCUT2D eigenvalue weighted by Crippen LogP contribution is -2.31. The number of hydrogen-bond donors (Lipinski definition) is 6. The molecule has 6 N–H and O–H groups in total. The summed E-state index contributed by atoms with van der Waals surface area (Å²) in [6, 6.07) is 30.4. The van der Waals surface area contributed by atoms with Gasteiger partial charge in [0.1, 0.15) is 21.7 Å². The molecule has 0 atom stereocenters. The SMILES string of the molecule is CNC(=O)c1cc(C#N)cc(C)c1NC(=O)c1cc(Cl)nn1-c1ncccc1C.Cc1cccnc1-n1nc(Br)cc1C(=O)Nc1c(C)cc(C#N)cc1C(=O)NC(C)C.Cc1cccnc1-n1nc(Cl)cc1C(=O)Nc1c(C)cc(C#N)cc1C(=O)NC(C)C. The van der Waals surface area contributed by atoms with Crippen LogP contribution < -0.4 is 31.9 Å². The summed E-state index contributed by atoms with van der Waals surface area (Å²) in [5, 5.41) is 57.2. The number of halogens is 3. The maximum Gasteiger partial charge on any atom is 0.274 e. The van der Waals surface area contributed by atoms with E-state index >= 15 is 0 Å². The van der Waals surface area contributed by atoms with Gasteiger partial charge in [-0.2, -0.15) is 31.1 Å². The van der Waals surface area contributed by atoms with E-state index in [0.717, 1.165) is 16.7 Å². The molecule has 91 heavy (non-hydrogen) atoms. The third-order valence-electron chi connectivity index (χ3n) is 13.2. The Kier molecular flexibility index (Phi) is 22.2. The van der Waals surface area contributed by atoms with Crippen LogP contribution in [0.15, 0.2) is 114 Å². The molecule has 6 heterocycles. The molecule has 0 aliphatic carbocycles. The average Bonchev–Trinajstić information content (AvgIpc) is 3.66. The van der Waals surface area contributed by atoms with Crippen molar-refractivity contribution in [2.75, 3.05) is 23.0 Å². The zero-order chi connectivity index (χ0) is 66.5. The number of hydrogen-bond acceptors (Lipinski definition) is 15. The molecule has 9 aromatic rings. The predicted octanol–water partition coefficient (Wildman–Crippen LogP) is 10.7. The fraction of sp³-hybridized carbons (Fsp3) is 0.203. The molecule has 0 radical (unpaired) electrons. The maximum atomic E-state index is 13.2. The van der Waals surface area contributed by atoms with Gasteiger partial charge in [-0.25, -0.2) is 29.0 Å². The van der Waals surface area contributed by atoms with Gasteiger partial charge in [0.05, 0.1) is 68.7 Å². The number of amides is 6. The second-order valence-electron chi connectivity index (χ2n) is 20.9. The summed E-state index contributed by atoms with van der Waals surface area (Å²) in [6.07, 6.45) is 4.81. The summed E-state index contributed by atoms with van der Waals surface area (Å²) in [5.41, 5.74) is 7.29. The summed E-state index contributed by atoms with van der Waals surface area (Å²) in [6.45, 7) is 18.0. The standard InChI is InChI=1S/C22H21BrN6O2.C22H21ClN6O2.C20H17ClN6O2/c2*1-12(2)26-21(30)16-9-15(11-24)8-14(4)19(16)27-22(31)17-10-18(23)28-29(17)20-13(3)6-5-7-25-20;1-11-5-4-6-24-18(11)27-15(9-16(21)26-27)20(29)25-17-12(2)7-13(10-22)8-14(17)19(28)23-3/h2*5-10,12H,1-4H3,(H,26,30)(H,27,31);4-9H,1-3H3,(H,23,28)(H,25,29).